The molecule has 1 saturated heterocycles. The van der Waals surface area contributed by atoms with Gasteiger partial charge in [0.2, 0.25) is 0 Å². The Morgan fingerprint density at radius 1 is 0.952 bits per heavy atom. The molecule has 2 spiro atoms. The molecular formula is C18H21BrO2. The van der Waals surface area contributed by atoms with E-state index >= 15 is 0 Å². The maximum Gasteiger partial charge on any atom is 0.168 e. The van der Waals surface area contributed by atoms with Crippen molar-refractivity contribution >= 4 is 22.0 Å². The number of hydrogen-bond acceptors (Lipinski definition) is 2. The highest BCUT2D eigenvalue weighted by molar-refractivity contribution is 9.11. The predicted molar refractivity (Wildman–Crippen MR) is 87.6 cm³/mol. The van der Waals surface area contributed by atoms with Crippen LogP contribution in [0.25, 0.3) is 6.08 Å². The van der Waals surface area contributed by atoms with Gasteiger partial charge in [-0.3, -0.25) is 0 Å². The molecule has 0 N–H and O–H groups in total. The lowest BCUT2D eigenvalue weighted by molar-refractivity contribution is -0.182. The summed E-state index contributed by atoms with van der Waals surface area (Å²) in [6, 6.07) is 4.72. The van der Waals surface area contributed by atoms with Crippen LogP contribution in [0.3, 0.4) is 0 Å². The quantitative estimate of drug-likeness (QED) is 0.681. The summed E-state index contributed by atoms with van der Waals surface area (Å²) in [7, 11) is 0. The standard InChI is InChI=1S/C18H21BrO2/c1-12-9-14-11-16(19)17(15(14)10-13(12)2)3-5-18(6-4-17)20-7-8-21-18/h9-11H,3-8H2,1-2H3. The maximum absolute atomic E-state index is 5.89. The Morgan fingerprint density at radius 2 is 1.57 bits per heavy atom. The molecule has 0 radical (unpaired) electrons. The Hall–Kier alpha value is -0.640. The zero-order valence-corrected chi connectivity index (χ0v) is 14.3. The molecule has 2 nitrogen and oxygen atoms in total. The first-order valence-electron chi connectivity index (χ1n) is 7.82. The van der Waals surface area contributed by atoms with Gasteiger partial charge >= 0.3 is 0 Å². The van der Waals surface area contributed by atoms with Crippen LogP contribution in [0.1, 0.15) is 47.9 Å². The highest BCUT2D eigenvalue weighted by Crippen LogP contribution is 2.56. The van der Waals surface area contributed by atoms with Gasteiger partial charge in [-0.25, -0.2) is 0 Å². The lowest BCUT2D eigenvalue weighted by Gasteiger charge is -2.43. The second kappa shape index (κ2) is 4.68. The van der Waals surface area contributed by atoms with Crippen molar-refractivity contribution in [2.45, 2.75) is 50.7 Å². The molecule has 0 aromatic heterocycles. The van der Waals surface area contributed by atoms with Crippen LogP contribution >= 0.6 is 15.9 Å². The van der Waals surface area contributed by atoms with Crippen LogP contribution in [-0.2, 0) is 14.9 Å². The van der Waals surface area contributed by atoms with Gasteiger partial charge in [0.25, 0.3) is 0 Å². The number of halogens is 1. The minimum Gasteiger partial charge on any atom is -0.348 e. The third kappa shape index (κ3) is 1.97. The van der Waals surface area contributed by atoms with E-state index < -0.39 is 0 Å². The molecule has 2 fully saturated rings. The summed E-state index contributed by atoms with van der Waals surface area (Å²) in [6.45, 7) is 5.90. The van der Waals surface area contributed by atoms with E-state index in [0.717, 1.165) is 38.9 Å². The molecule has 1 aromatic carbocycles. The normalized spacial score (nSPS) is 25.4. The summed E-state index contributed by atoms with van der Waals surface area (Å²) in [4.78, 5) is 0. The van der Waals surface area contributed by atoms with Crippen molar-refractivity contribution in [2.75, 3.05) is 13.2 Å². The highest BCUT2D eigenvalue weighted by Gasteiger charge is 2.50. The zero-order valence-electron chi connectivity index (χ0n) is 12.7. The van der Waals surface area contributed by atoms with Gasteiger partial charge < -0.3 is 9.47 Å². The minimum absolute atomic E-state index is 0.147. The van der Waals surface area contributed by atoms with Gasteiger partial charge in [-0.1, -0.05) is 28.1 Å². The lowest BCUT2D eigenvalue weighted by atomic mass is 9.68. The van der Waals surface area contributed by atoms with Crippen LogP contribution in [-0.4, -0.2) is 19.0 Å². The van der Waals surface area contributed by atoms with Crippen molar-refractivity contribution in [1.29, 1.82) is 0 Å². The largest absolute Gasteiger partial charge is 0.348 e. The Bertz CT molecular complexity index is 616. The summed E-state index contributed by atoms with van der Waals surface area (Å²) in [5.74, 6) is -0.291. The number of ether oxygens (including phenoxy) is 2. The van der Waals surface area contributed by atoms with E-state index in [1.54, 1.807) is 0 Å². The van der Waals surface area contributed by atoms with Gasteiger partial charge in [-0.2, -0.15) is 0 Å². The van der Waals surface area contributed by atoms with E-state index in [2.05, 4.69) is 48.0 Å². The van der Waals surface area contributed by atoms with E-state index in [4.69, 9.17) is 9.47 Å². The first-order valence-corrected chi connectivity index (χ1v) is 8.61. The second-order valence-corrected chi connectivity index (χ2v) is 7.56. The maximum atomic E-state index is 5.89. The summed E-state index contributed by atoms with van der Waals surface area (Å²) in [5.41, 5.74) is 5.78. The van der Waals surface area contributed by atoms with E-state index in [-0.39, 0.29) is 11.2 Å². The van der Waals surface area contributed by atoms with Crippen molar-refractivity contribution in [2.24, 2.45) is 0 Å². The minimum atomic E-state index is -0.291. The van der Waals surface area contributed by atoms with E-state index in [1.807, 2.05) is 0 Å². The van der Waals surface area contributed by atoms with Gasteiger partial charge in [0, 0.05) is 22.7 Å². The van der Waals surface area contributed by atoms with Crippen LogP contribution < -0.4 is 0 Å². The average Bonchev–Trinajstić information content (AvgIpc) is 3.01. The number of hydrogen-bond donors (Lipinski definition) is 0. The van der Waals surface area contributed by atoms with Crippen LogP contribution in [0.2, 0.25) is 0 Å². The first kappa shape index (κ1) is 14.0. The Kier molecular flexibility index (Phi) is 3.11. The fourth-order valence-corrected chi connectivity index (χ4v) is 4.98. The molecule has 0 amide bonds. The monoisotopic (exact) mass is 348 g/mol. The lowest BCUT2D eigenvalue weighted by Crippen LogP contribution is -2.41. The van der Waals surface area contributed by atoms with Crippen molar-refractivity contribution < 1.29 is 9.47 Å². The number of benzene rings is 1. The highest BCUT2D eigenvalue weighted by atomic mass is 79.9. The summed E-state index contributed by atoms with van der Waals surface area (Å²) in [6.07, 6.45) is 6.49. The molecule has 0 bridgehead atoms. The summed E-state index contributed by atoms with van der Waals surface area (Å²) >= 11 is 3.86. The van der Waals surface area contributed by atoms with Crippen molar-refractivity contribution in [3.05, 3.63) is 38.9 Å². The van der Waals surface area contributed by atoms with E-state index in [9.17, 15) is 0 Å². The molecule has 3 aliphatic rings. The van der Waals surface area contributed by atoms with Crippen molar-refractivity contribution in [1.82, 2.24) is 0 Å². The molecular weight excluding hydrogens is 328 g/mol. The fourth-order valence-electron chi connectivity index (χ4n) is 4.13. The second-order valence-electron chi connectivity index (χ2n) is 6.71. The van der Waals surface area contributed by atoms with Crippen LogP contribution in [0.15, 0.2) is 16.6 Å². The molecule has 1 heterocycles. The van der Waals surface area contributed by atoms with E-state index in [1.165, 1.54) is 26.7 Å². The molecule has 2 aliphatic carbocycles. The molecule has 1 aromatic rings. The van der Waals surface area contributed by atoms with Gasteiger partial charge in [0.05, 0.1) is 13.2 Å². The average molecular weight is 349 g/mol. The van der Waals surface area contributed by atoms with Gasteiger partial charge in [0.1, 0.15) is 0 Å². The molecule has 0 unspecified atom stereocenters. The zero-order chi connectivity index (χ0) is 14.7. The number of allylic oxidation sites excluding steroid dienone is 1. The molecule has 0 atom stereocenters. The molecule has 21 heavy (non-hydrogen) atoms. The molecule has 112 valence electrons. The van der Waals surface area contributed by atoms with Gasteiger partial charge in [-0.05, 0) is 55.0 Å². The molecule has 1 saturated carbocycles. The molecule has 4 rings (SSSR count). The smallest absolute Gasteiger partial charge is 0.168 e. The van der Waals surface area contributed by atoms with Crippen LogP contribution in [0.4, 0.5) is 0 Å². The van der Waals surface area contributed by atoms with E-state index in [0.29, 0.717) is 0 Å². The predicted octanol–water partition coefficient (Wildman–Crippen LogP) is 4.61. The third-order valence-corrected chi connectivity index (χ3v) is 6.59. The summed E-state index contributed by atoms with van der Waals surface area (Å²) < 4.78 is 13.1. The van der Waals surface area contributed by atoms with Crippen LogP contribution in [0, 0.1) is 13.8 Å². The molecule has 1 aliphatic heterocycles. The Balaban J connectivity index is 1.71. The third-order valence-electron chi connectivity index (χ3n) is 5.60. The first-order chi connectivity index (χ1) is 10.0. The van der Waals surface area contributed by atoms with Crippen LogP contribution in [0.5, 0.6) is 0 Å². The summed E-state index contributed by atoms with van der Waals surface area (Å²) in [5, 5.41) is 0. The number of aryl methyl sites for hydroxylation is 2. The Labute approximate surface area is 134 Å². The SMILES string of the molecule is Cc1cc2c(cc1C)C1(CCC3(CC1)OCCO3)C(Br)=C2. The van der Waals surface area contributed by atoms with Crippen molar-refractivity contribution in [3.8, 4) is 0 Å². The van der Waals surface area contributed by atoms with Gasteiger partial charge in [-0.15, -0.1) is 0 Å². The number of fused-ring (bicyclic) bond motifs is 2. The molecule has 3 heteroatoms. The Morgan fingerprint density at radius 3 is 2.24 bits per heavy atom. The topological polar surface area (TPSA) is 18.5 Å². The fraction of sp³-hybridized carbons (Fsp3) is 0.556. The number of rotatable bonds is 0. The van der Waals surface area contributed by atoms with Crippen molar-refractivity contribution in [3.63, 3.8) is 0 Å². The van der Waals surface area contributed by atoms with Gasteiger partial charge in [0.15, 0.2) is 5.79 Å².